The van der Waals surface area contributed by atoms with Gasteiger partial charge >= 0.3 is 6.18 Å². The Bertz CT molecular complexity index is 679. The maximum Gasteiger partial charge on any atom is 0.417 e. The molecule has 0 saturated heterocycles. The second-order valence-corrected chi connectivity index (χ2v) is 5.49. The fourth-order valence-corrected chi connectivity index (χ4v) is 2.76. The van der Waals surface area contributed by atoms with E-state index < -0.39 is 17.3 Å². The number of benzene rings is 1. The minimum atomic E-state index is -4.49. The van der Waals surface area contributed by atoms with Gasteiger partial charge in [-0.15, -0.1) is 0 Å². The molecular formula is C12H6Br2F3NO. The molecule has 1 heterocycles. The zero-order valence-electron chi connectivity index (χ0n) is 9.21. The first-order valence-electron chi connectivity index (χ1n) is 5.04. The first-order chi connectivity index (χ1) is 8.79. The lowest BCUT2D eigenvalue weighted by molar-refractivity contribution is -0.138. The zero-order valence-corrected chi connectivity index (χ0v) is 12.4. The molecule has 0 aliphatic heterocycles. The van der Waals surface area contributed by atoms with Crippen LogP contribution in [0.3, 0.4) is 0 Å². The van der Waals surface area contributed by atoms with Crippen LogP contribution in [0.4, 0.5) is 13.2 Å². The van der Waals surface area contributed by atoms with Crippen molar-refractivity contribution in [1.29, 1.82) is 0 Å². The Balaban J connectivity index is 2.65. The number of hydrogen-bond acceptors (Lipinski definition) is 1. The van der Waals surface area contributed by atoms with Crippen LogP contribution in [-0.2, 0) is 6.18 Å². The van der Waals surface area contributed by atoms with Crippen molar-refractivity contribution in [2.45, 2.75) is 6.18 Å². The molecule has 0 aliphatic rings. The lowest BCUT2D eigenvalue weighted by Gasteiger charge is -2.12. The summed E-state index contributed by atoms with van der Waals surface area (Å²) in [5, 5.41) is 0. The maximum absolute atomic E-state index is 12.6. The fraction of sp³-hybridized carbons (Fsp3) is 0.0833. The van der Waals surface area contributed by atoms with E-state index in [-0.39, 0.29) is 0 Å². The largest absolute Gasteiger partial charge is 0.417 e. The summed E-state index contributed by atoms with van der Waals surface area (Å²) in [6.07, 6.45) is -3.70. The minimum Gasteiger partial charge on any atom is -0.283 e. The molecule has 1 aromatic heterocycles. The molecule has 100 valence electrons. The maximum atomic E-state index is 12.6. The first-order valence-corrected chi connectivity index (χ1v) is 6.63. The SMILES string of the molecule is O=c1ccc(C(F)(F)F)cn1-c1ccc(Br)cc1Br. The average Bonchev–Trinajstić information content (AvgIpc) is 2.29. The number of nitrogens with zero attached hydrogens (tertiary/aromatic N) is 1. The summed E-state index contributed by atoms with van der Waals surface area (Å²) in [7, 11) is 0. The molecule has 19 heavy (non-hydrogen) atoms. The molecule has 0 fully saturated rings. The third kappa shape index (κ3) is 3.09. The molecule has 1 aromatic carbocycles. The van der Waals surface area contributed by atoms with E-state index in [4.69, 9.17) is 0 Å². The summed E-state index contributed by atoms with van der Waals surface area (Å²) in [5.41, 5.74) is -1.06. The van der Waals surface area contributed by atoms with Crippen molar-refractivity contribution in [3.63, 3.8) is 0 Å². The van der Waals surface area contributed by atoms with Gasteiger partial charge in [-0.25, -0.2) is 0 Å². The Kier molecular flexibility index (Phi) is 3.87. The molecule has 0 radical (unpaired) electrons. The molecule has 0 atom stereocenters. The number of halogens is 5. The summed E-state index contributed by atoms with van der Waals surface area (Å²) in [6, 6.07) is 6.52. The van der Waals surface area contributed by atoms with Gasteiger partial charge in [0.2, 0.25) is 0 Å². The molecule has 0 N–H and O–H groups in total. The molecule has 2 nitrogen and oxygen atoms in total. The lowest BCUT2D eigenvalue weighted by Crippen LogP contribution is -2.20. The van der Waals surface area contributed by atoms with E-state index in [9.17, 15) is 18.0 Å². The quantitative estimate of drug-likeness (QED) is 0.701. The molecule has 2 rings (SSSR count). The van der Waals surface area contributed by atoms with Gasteiger partial charge in [0.05, 0.1) is 11.3 Å². The number of rotatable bonds is 1. The molecule has 0 amide bonds. The second kappa shape index (κ2) is 5.13. The highest BCUT2D eigenvalue weighted by Crippen LogP contribution is 2.30. The third-order valence-corrected chi connectivity index (χ3v) is 3.54. The molecule has 0 unspecified atom stereocenters. The number of hydrogen-bond donors (Lipinski definition) is 0. The summed E-state index contributed by atoms with van der Waals surface area (Å²) in [5.74, 6) is 0. The van der Waals surface area contributed by atoms with Crippen LogP contribution in [0.2, 0.25) is 0 Å². The van der Waals surface area contributed by atoms with Crippen molar-refractivity contribution >= 4 is 31.9 Å². The molecule has 0 spiro atoms. The lowest BCUT2D eigenvalue weighted by atomic mass is 10.2. The van der Waals surface area contributed by atoms with Gasteiger partial charge in [-0.3, -0.25) is 9.36 Å². The van der Waals surface area contributed by atoms with Crippen molar-refractivity contribution in [2.75, 3.05) is 0 Å². The fourth-order valence-electron chi connectivity index (χ4n) is 1.52. The van der Waals surface area contributed by atoms with Crippen LogP contribution in [0, 0.1) is 0 Å². The van der Waals surface area contributed by atoms with Crippen LogP contribution >= 0.6 is 31.9 Å². The number of alkyl halides is 3. The summed E-state index contributed by atoms with van der Waals surface area (Å²) in [6.45, 7) is 0. The van der Waals surface area contributed by atoms with Gasteiger partial charge < -0.3 is 0 Å². The van der Waals surface area contributed by atoms with E-state index in [0.717, 1.165) is 27.4 Å². The summed E-state index contributed by atoms with van der Waals surface area (Å²) in [4.78, 5) is 11.7. The van der Waals surface area contributed by atoms with E-state index in [1.54, 1.807) is 18.2 Å². The van der Waals surface area contributed by atoms with Crippen LogP contribution in [0.25, 0.3) is 5.69 Å². The highest BCUT2D eigenvalue weighted by Gasteiger charge is 2.31. The number of pyridine rings is 1. The first kappa shape index (κ1) is 14.3. The van der Waals surface area contributed by atoms with Gasteiger partial charge in [0.15, 0.2) is 0 Å². The smallest absolute Gasteiger partial charge is 0.283 e. The molecular weight excluding hydrogens is 391 g/mol. The van der Waals surface area contributed by atoms with Gasteiger partial charge in [-0.2, -0.15) is 13.2 Å². The van der Waals surface area contributed by atoms with E-state index in [1.807, 2.05) is 0 Å². The molecule has 2 aromatic rings. The second-order valence-electron chi connectivity index (χ2n) is 3.72. The monoisotopic (exact) mass is 395 g/mol. The molecule has 0 aliphatic carbocycles. The molecule has 0 bridgehead atoms. The van der Waals surface area contributed by atoms with Crippen LogP contribution in [0.15, 0.2) is 50.3 Å². The number of aromatic nitrogens is 1. The summed E-state index contributed by atoms with van der Waals surface area (Å²) >= 11 is 6.46. The van der Waals surface area contributed by atoms with Crippen LogP contribution in [0.1, 0.15) is 5.56 Å². The Labute approximate surface area is 123 Å². The van der Waals surface area contributed by atoms with Crippen molar-refractivity contribution in [1.82, 2.24) is 4.57 Å². The van der Waals surface area contributed by atoms with E-state index in [0.29, 0.717) is 10.2 Å². The average molecular weight is 397 g/mol. The minimum absolute atomic E-state index is 0.347. The Morgan fingerprint density at radius 2 is 1.74 bits per heavy atom. The molecule has 0 saturated carbocycles. The standard InChI is InChI=1S/C12H6Br2F3NO/c13-8-2-3-10(9(14)5-8)18-6-7(12(15,16)17)1-4-11(18)19/h1-6H. The topological polar surface area (TPSA) is 22.0 Å². The van der Waals surface area contributed by atoms with E-state index in [2.05, 4.69) is 31.9 Å². The van der Waals surface area contributed by atoms with Gasteiger partial charge in [0.25, 0.3) is 5.56 Å². The molecule has 7 heteroatoms. The van der Waals surface area contributed by atoms with Crippen LogP contribution in [0.5, 0.6) is 0 Å². The van der Waals surface area contributed by atoms with Crippen molar-refractivity contribution in [2.24, 2.45) is 0 Å². The predicted molar refractivity (Wildman–Crippen MR) is 72.4 cm³/mol. The van der Waals surface area contributed by atoms with Crippen LogP contribution < -0.4 is 5.56 Å². The van der Waals surface area contributed by atoms with Gasteiger partial charge in [0, 0.05) is 21.2 Å². The zero-order chi connectivity index (χ0) is 14.2. The van der Waals surface area contributed by atoms with E-state index >= 15 is 0 Å². The van der Waals surface area contributed by atoms with Crippen molar-refractivity contribution in [3.05, 3.63) is 61.4 Å². The Morgan fingerprint density at radius 1 is 1.05 bits per heavy atom. The van der Waals surface area contributed by atoms with Gasteiger partial charge in [-0.1, -0.05) is 15.9 Å². The highest BCUT2D eigenvalue weighted by atomic mass is 79.9. The van der Waals surface area contributed by atoms with E-state index in [1.165, 1.54) is 0 Å². The Hall–Kier alpha value is -1.08. The van der Waals surface area contributed by atoms with Gasteiger partial charge in [0.1, 0.15) is 0 Å². The predicted octanol–water partition coefficient (Wildman–Crippen LogP) is 4.38. The third-order valence-electron chi connectivity index (χ3n) is 2.41. The Morgan fingerprint density at radius 3 is 2.32 bits per heavy atom. The normalized spacial score (nSPS) is 11.6. The summed E-state index contributed by atoms with van der Waals surface area (Å²) < 4.78 is 40.2. The van der Waals surface area contributed by atoms with Crippen LogP contribution in [-0.4, -0.2) is 4.57 Å². The highest BCUT2D eigenvalue weighted by molar-refractivity contribution is 9.11. The van der Waals surface area contributed by atoms with Crippen molar-refractivity contribution < 1.29 is 13.2 Å². The van der Waals surface area contributed by atoms with Crippen molar-refractivity contribution in [3.8, 4) is 5.69 Å². The van der Waals surface area contributed by atoms with Gasteiger partial charge in [-0.05, 0) is 40.2 Å².